The Hall–Kier alpha value is 1.30. The molecule has 0 aliphatic heterocycles. The topological polar surface area (TPSA) is 0 Å². The summed E-state index contributed by atoms with van der Waals surface area (Å²) in [5, 5.41) is 1.48. The van der Waals surface area contributed by atoms with Gasteiger partial charge in [0.15, 0.2) is 0 Å². The van der Waals surface area contributed by atoms with Gasteiger partial charge >= 0.3 is 87.3 Å². The third kappa shape index (κ3) is 4.01. The predicted molar refractivity (Wildman–Crippen MR) is 58.2 cm³/mol. The van der Waals surface area contributed by atoms with E-state index in [1.807, 2.05) is 0 Å². The summed E-state index contributed by atoms with van der Waals surface area (Å²) in [5.74, 6) is 0. The molecule has 0 heterocycles. The van der Waals surface area contributed by atoms with Gasteiger partial charge in [-0.15, -0.1) is 0 Å². The van der Waals surface area contributed by atoms with Crippen LogP contribution in [-0.4, -0.2) is 10.3 Å². The van der Waals surface area contributed by atoms with E-state index >= 15 is 0 Å². The van der Waals surface area contributed by atoms with Crippen molar-refractivity contribution in [3.8, 4) is 0 Å². The minimum atomic E-state index is -1.17. The first-order chi connectivity index (χ1) is 5.07. The van der Waals surface area contributed by atoms with Crippen molar-refractivity contribution in [2.75, 3.05) is 0 Å². The molecule has 12 heavy (non-hydrogen) atoms. The molecule has 0 bridgehead atoms. The van der Waals surface area contributed by atoms with E-state index in [2.05, 4.69) is 50.9 Å². The van der Waals surface area contributed by atoms with Crippen molar-refractivity contribution < 1.29 is 20.9 Å². The van der Waals surface area contributed by atoms with Crippen LogP contribution < -0.4 is 0 Å². The molecule has 0 rings (SSSR count). The Kier molecular flexibility index (Phi) is 4.67. The molecule has 0 nitrogen and oxygen atoms in total. The van der Waals surface area contributed by atoms with Crippen LogP contribution in [0.1, 0.15) is 41.5 Å². The molecule has 0 spiro atoms. The Labute approximate surface area is 87.1 Å². The average molecular weight is 354 g/mol. The molecule has 0 saturated heterocycles. The third-order valence-corrected chi connectivity index (χ3v) is 29.5. The standard InChI is InChI=1S/C8H18P.2CH3.Hf/c1-7(2,3)9-8(4,5)6;;;/h1-6H3;2*1H3;/q-1;;;+1. The summed E-state index contributed by atoms with van der Waals surface area (Å²) < 4.78 is 5.15. The van der Waals surface area contributed by atoms with Crippen LogP contribution >= 0.6 is 5.27 Å². The Morgan fingerprint density at radius 1 is 0.750 bits per heavy atom. The van der Waals surface area contributed by atoms with Crippen LogP contribution in [-0.2, 0) is 20.9 Å². The van der Waals surface area contributed by atoms with Gasteiger partial charge < -0.3 is 0 Å². The van der Waals surface area contributed by atoms with Gasteiger partial charge in [0.05, 0.1) is 0 Å². The second kappa shape index (κ2) is 4.22. The van der Waals surface area contributed by atoms with Crippen LogP contribution in [0.2, 0.25) is 9.36 Å². The van der Waals surface area contributed by atoms with Crippen LogP contribution in [0.4, 0.5) is 0 Å². The van der Waals surface area contributed by atoms with Crippen LogP contribution in [0.25, 0.3) is 0 Å². The summed E-state index contributed by atoms with van der Waals surface area (Å²) >= 11 is -1.17. The first-order valence-corrected chi connectivity index (χ1v) is 18.0. The zero-order chi connectivity index (χ0) is 10.2. The SMILES string of the molecule is [CH3][Hf]([CH3])[P](C(C)(C)C)C(C)(C)C. The first kappa shape index (κ1) is 13.3. The number of hydrogen-bond donors (Lipinski definition) is 0. The molecule has 2 heteroatoms. The van der Waals surface area contributed by atoms with E-state index in [0.717, 1.165) is 0 Å². The monoisotopic (exact) mass is 355 g/mol. The average Bonchev–Trinajstić information content (AvgIpc) is 1.49. The van der Waals surface area contributed by atoms with Gasteiger partial charge in [-0.2, -0.15) is 0 Å². The fraction of sp³-hybridized carbons (Fsp3) is 1.00. The Morgan fingerprint density at radius 3 is 1.00 bits per heavy atom. The van der Waals surface area contributed by atoms with Crippen molar-refractivity contribution in [1.29, 1.82) is 0 Å². The summed E-state index contributed by atoms with van der Waals surface area (Å²) in [5.41, 5.74) is 0. The van der Waals surface area contributed by atoms with Crippen LogP contribution in [0.15, 0.2) is 0 Å². The fourth-order valence-corrected chi connectivity index (χ4v) is 36.0. The summed E-state index contributed by atoms with van der Waals surface area (Å²) in [6.45, 7) is 14.6. The maximum atomic E-state index is 2.58. The summed E-state index contributed by atoms with van der Waals surface area (Å²) in [4.78, 5) is 0. The van der Waals surface area contributed by atoms with Gasteiger partial charge in [-0.25, -0.2) is 0 Å². The number of hydrogen-bond acceptors (Lipinski definition) is 0. The predicted octanol–water partition coefficient (Wildman–Crippen LogP) is 4.69. The molecule has 0 N–H and O–H groups in total. The van der Waals surface area contributed by atoms with E-state index in [9.17, 15) is 0 Å². The quantitative estimate of drug-likeness (QED) is 0.473. The Balaban J connectivity index is 4.70. The fourth-order valence-electron chi connectivity index (χ4n) is 2.35. The van der Waals surface area contributed by atoms with Gasteiger partial charge in [0.1, 0.15) is 0 Å². The van der Waals surface area contributed by atoms with Gasteiger partial charge in [0.2, 0.25) is 0 Å². The van der Waals surface area contributed by atoms with E-state index in [1.165, 1.54) is 0 Å². The van der Waals surface area contributed by atoms with E-state index < -0.39 is 20.9 Å². The Bertz CT molecular complexity index is 125. The van der Waals surface area contributed by atoms with E-state index in [4.69, 9.17) is 0 Å². The Morgan fingerprint density at radius 2 is 1.00 bits per heavy atom. The molecule has 0 amide bonds. The second-order valence-electron chi connectivity index (χ2n) is 5.62. The molecule has 73 valence electrons. The van der Waals surface area contributed by atoms with Gasteiger partial charge in [0.25, 0.3) is 0 Å². The molecule has 0 radical (unpaired) electrons. The summed E-state index contributed by atoms with van der Waals surface area (Å²) in [6, 6.07) is 0. The molecule has 0 aliphatic carbocycles. The molecule has 0 aliphatic rings. The van der Waals surface area contributed by atoms with Crippen LogP contribution in [0.3, 0.4) is 0 Å². The van der Waals surface area contributed by atoms with Gasteiger partial charge in [-0.05, 0) is 0 Å². The minimum absolute atomic E-state index is 0.311. The van der Waals surface area contributed by atoms with E-state index in [1.54, 1.807) is 0 Å². The van der Waals surface area contributed by atoms with Gasteiger partial charge in [-0.1, -0.05) is 0 Å². The number of rotatable bonds is 1. The molecular weight excluding hydrogens is 330 g/mol. The molecule has 0 aromatic heterocycles. The normalized spacial score (nSPS) is 13.8. The first-order valence-electron chi connectivity index (χ1n) is 4.67. The molecular formula is C10H24HfP. The van der Waals surface area contributed by atoms with E-state index in [-0.39, 0.29) is 0 Å². The van der Waals surface area contributed by atoms with Crippen LogP contribution in [0, 0.1) is 0 Å². The van der Waals surface area contributed by atoms with Gasteiger partial charge in [-0.3, -0.25) is 0 Å². The van der Waals surface area contributed by atoms with Crippen molar-refractivity contribution >= 4 is 5.27 Å². The molecule has 0 aromatic carbocycles. The zero-order valence-corrected chi connectivity index (χ0v) is 14.4. The van der Waals surface area contributed by atoms with Crippen molar-refractivity contribution in [3.05, 3.63) is 0 Å². The third-order valence-electron chi connectivity index (χ3n) is 1.79. The van der Waals surface area contributed by atoms with Crippen molar-refractivity contribution in [2.24, 2.45) is 0 Å². The van der Waals surface area contributed by atoms with Crippen molar-refractivity contribution in [2.45, 2.75) is 61.2 Å². The summed E-state index contributed by atoms with van der Waals surface area (Å²) in [6.07, 6.45) is 0. The van der Waals surface area contributed by atoms with Crippen molar-refractivity contribution in [3.63, 3.8) is 0 Å². The molecule has 0 aromatic rings. The molecule has 0 fully saturated rings. The van der Waals surface area contributed by atoms with E-state index in [0.29, 0.717) is 15.6 Å². The maximum absolute atomic E-state index is 2.58. The molecule has 0 unspecified atom stereocenters. The van der Waals surface area contributed by atoms with Gasteiger partial charge in [0, 0.05) is 0 Å². The van der Waals surface area contributed by atoms with Crippen LogP contribution in [0.5, 0.6) is 0 Å². The summed E-state index contributed by atoms with van der Waals surface area (Å²) in [7, 11) is 0. The molecule has 0 atom stereocenters. The second-order valence-corrected chi connectivity index (χ2v) is 27.9. The molecule has 0 saturated carbocycles. The van der Waals surface area contributed by atoms with Crippen molar-refractivity contribution in [1.82, 2.24) is 0 Å². The zero-order valence-electron chi connectivity index (χ0n) is 9.95.